The number of benzene rings is 1. The normalized spacial score (nSPS) is 22.4. The number of ketones is 2. The predicted molar refractivity (Wildman–Crippen MR) is 49.8 cm³/mol. The van der Waals surface area contributed by atoms with Crippen LogP contribution < -0.4 is 0 Å². The molecule has 0 saturated carbocycles. The molecular formula is C11H10O3. The van der Waals surface area contributed by atoms with Crippen molar-refractivity contribution in [1.29, 1.82) is 0 Å². The van der Waals surface area contributed by atoms with Gasteiger partial charge in [-0.25, -0.2) is 0 Å². The van der Waals surface area contributed by atoms with E-state index in [0.717, 1.165) is 5.56 Å². The van der Waals surface area contributed by atoms with Crippen LogP contribution in [0.1, 0.15) is 18.1 Å². The van der Waals surface area contributed by atoms with Crippen molar-refractivity contribution in [3.8, 4) is 0 Å². The predicted octanol–water partition coefficient (Wildman–Crippen LogP) is 1.29. The van der Waals surface area contributed by atoms with Crippen LogP contribution in [0.5, 0.6) is 0 Å². The lowest BCUT2D eigenvalue weighted by atomic mass is 10.00. The number of hydrogen-bond donors (Lipinski definition) is 0. The molecule has 0 radical (unpaired) electrons. The lowest BCUT2D eigenvalue weighted by Gasteiger charge is -2.20. The Morgan fingerprint density at radius 2 is 1.86 bits per heavy atom. The largest absolute Gasteiger partial charge is 0.358 e. The number of Topliss-reactive ketones (excluding diaryl/α,β-unsaturated/α-hetero) is 2. The molecule has 3 nitrogen and oxygen atoms in total. The molecule has 3 heteroatoms. The first kappa shape index (κ1) is 9.09. The third-order valence-electron chi connectivity index (χ3n) is 2.18. The Bertz CT molecular complexity index is 356. The Labute approximate surface area is 81.7 Å². The third-order valence-corrected chi connectivity index (χ3v) is 2.18. The van der Waals surface area contributed by atoms with Crippen LogP contribution in [-0.4, -0.2) is 18.2 Å². The van der Waals surface area contributed by atoms with E-state index in [1.165, 1.54) is 0 Å². The maximum absolute atomic E-state index is 11.5. The van der Waals surface area contributed by atoms with Crippen LogP contribution in [0.2, 0.25) is 0 Å². The zero-order valence-corrected chi connectivity index (χ0v) is 7.60. The fourth-order valence-electron chi connectivity index (χ4n) is 1.52. The zero-order valence-electron chi connectivity index (χ0n) is 7.60. The van der Waals surface area contributed by atoms with E-state index in [1.54, 1.807) is 0 Å². The number of ether oxygens (including phenoxy) is 1. The summed E-state index contributed by atoms with van der Waals surface area (Å²) >= 11 is 0. The highest BCUT2D eigenvalue weighted by Gasteiger charge is 2.28. The summed E-state index contributed by atoms with van der Waals surface area (Å²) in [4.78, 5) is 22.4. The molecule has 1 atom stereocenters. The van der Waals surface area contributed by atoms with Crippen LogP contribution in [0, 0.1) is 0 Å². The smallest absolute Gasteiger partial charge is 0.173 e. The summed E-state index contributed by atoms with van der Waals surface area (Å²) in [6, 6.07) is 9.24. The summed E-state index contributed by atoms with van der Waals surface area (Å²) in [5, 5.41) is 0. The SMILES string of the molecule is O=C1COC(c2ccccc2)C(=O)C1. The molecule has 1 aromatic carbocycles. The van der Waals surface area contributed by atoms with Crippen molar-refractivity contribution in [2.45, 2.75) is 12.5 Å². The molecule has 1 fully saturated rings. The molecule has 72 valence electrons. The van der Waals surface area contributed by atoms with Crippen molar-refractivity contribution in [3.63, 3.8) is 0 Å². The molecule has 1 aliphatic rings. The molecule has 0 spiro atoms. The van der Waals surface area contributed by atoms with Crippen molar-refractivity contribution in [2.75, 3.05) is 6.61 Å². The zero-order chi connectivity index (χ0) is 9.97. The van der Waals surface area contributed by atoms with Crippen LogP contribution >= 0.6 is 0 Å². The Balaban J connectivity index is 2.20. The van der Waals surface area contributed by atoms with Crippen molar-refractivity contribution in [1.82, 2.24) is 0 Å². The molecule has 2 rings (SSSR count). The summed E-state index contributed by atoms with van der Waals surface area (Å²) in [5.74, 6) is -0.283. The third kappa shape index (κ3) is 1.72. The molecule has 0 aromatic heterocycles. The Kier molecular flexibility index (Phi) is 2.41. The second-order valence-corrected chi connectivity index (χ2v) is 3.28. The standard InChI is InChI=1S/C11H10O3/c12-9-6-10(13)11(14-7-9)8-4-2-1-3-5-8/h1-5,11H,6-7H2. The topological polar surface area (TPSA) is 43.4 Å². The second kappa shape index (κ2) is 3.72. The van der Waals surface area contributed by atoms with Gasteiger partial charge < -0.3 is 4.74 Å². The van der Waals surface area contributed by atoms with Gasteiger partial charge in [-0.05, 0) is 5.56 Å². The molecule has 1 saturated heterocycles. The minimum atomic E-state index is -0.547. The van der Waals surface area contributed by atoms with Crippen molar-refractivity contribution < 1.29 is 14.3 Å². The van der Waals surface area contributed by atoms with E-state index in [-0.39, 0.29) is 24.6 Å². The summed E-state index contributed by atoms with van der Waals surface area (Å²) in [6.45, 7) is 0.0469. The van der Waals surface area contributed by atoms with E-state index in [4.69, 9.17) is 4.74 Å². The minimum absolute atomic E-state index is 0.000436. The first-order valence-corrected chi connectivity index (χ1v) is 4.48. The quantitative estimate of drug-likeness (QED) is 0.626. The van der Waals surface area contributed by atoms with E-state index in [9.17, 15) is 9.59 Å². The van der Waals surface area contributed by atoms with Gasteiger partial charge in [0.25, 0.3) is 0 Å². The fourth-order valence-corrected chi connectivity index (χ4v) is 1.52. The maximum Gasteiger partial charge on any atom is 0.173 e. The highest BCUT2D eigenvalue weighted by atomic mass is 16.5. The van der Waals surface area contributed by atoms with Gasteiger partial charge in [-0.2, -0.15) is 0 Å². The fraction of sp³-hybridized carbons (Fsp3) is 0.273. The van der Waals surface area contributed by atoms with E-state index < -0.39 is 6.10 Å². The van der Waals surface area contributed by atoms with E-state index >= 15 is 0 Å². The minimum Gasteiger partial charge on any atom is -0.358 e. The van der Waals surface area contributed by atoms with Gasteiger partial charge in [-0.3, -0.25) is 9.59 Å². The molecule has 1 heterocycles. The lowest BCUT2D eigenvalue weighted by molar-refractivity contribution is -0.146. The maximum atomic E-state index is 11.5. The van der Waals surface area contributed by atoms with Crippen molar-refractivity contribution in [2.24, 2.45) is 0 Å². The molecule has 0 N–H and O–H groups in total. The van der Waals surface area contributed by atoms with Gasteiger partial charge in [0.15, 0.2) is 11.6 Å². The molecule has 0 bridgehead atoms. The summed E-state index contributed by atoms with van der Waals surface area (Å²) in [5.41, 5.74) is 0.824. The highest BCUT2D eigenvalue weighted by molar-refractivity contribution is 6.03. The average Bonchev–Trinajstić information content (AvgIpc) is 2.19. The van der Waals surface area contributed by atoms with Crippen LogP contribution in [0.3, 0.4) is 0 Å². The van der Waals surface area contributed by atoms with E-state index in [1.807, 2.05) is 30.3 Å². The Hall–Kier alpha value is -1.48. The molecule has 0 amide bonds. The molecule has 0 aliphatic carbocycles. The monoisotopic (exact) mass is 190 g/mol. The van der Waals surface area contributed by atoms with Gasteiger partial charge >= 0.3 is 0 Å². The molecular weight excluding hydrogens is 180 g/mol. The second-order valence-electron chi connectivity index (χ2n) is 3.28. The number of carbonyl (C=O) groups is 2. The van der Waals surface area contributed by atoms with Gasteiger partial charge in [0, 0.05) is 0 Å². The number of hydrogen-bond acceptors (Lipinski definition) is 3. The summed E-state index contributed by atoms with van der Waals surface area (Å²) in [6.07, 6.45) is -0.548. The van der Waals surface area contributed by atoms with Crippen molar-refractivity contribution >= 4 is 11.6 Å². The lowest BCUT2D eigenvalue weighted by Crippen LogP contribution is -2.28. The van der Waals surface area contributed by atoms with Gasteiger partial charge in [-0.1, -0.05) is 30.3 Å². The van der Waals surface area contributed by atoms with Crippen LogP contribution in [0.4, 0.5) is 0 Å². The van der Waals surface area contributed by atoms with Crippen LogP contribution in [0.25, 0.3) is 0 Å². The van der Waals surface area contributed by atoms with Crippen LogP contribution in [0.15, 0.2) is 30.3 Å². The Morgan fingerprint density at radius 3 is 2.50 bits per heavy atom. The van der Waals surface area contributed by atoms with E-state index in [2.05, 4.69) is 0 Å². The highest BCUT2D eigenvalue weighted by Crippen LogP contribution is 2.22. The van der Waals surface area contributed by atoms with Gasteiger partial charge in [-0.15, -0.1) is 0 Å². The number of carbonyl (C=O) groups excluding carboxylic acids is 2. The molecule has 1 aliphatic heterocycles. The van der Waals surface area contributed by atoms with Crippen molar-refractivity contribution in [3.05, 3.63) is 35.9 Å². The van der Waals surface area contributed by atoms with Crippen LogP contribution in [-0.2, 0) is 14.3 Å². The summed E-state index contributed by atoms with van der Waals surface area (Å²) in [7, 11) is 0. The van der Waals surface area contributed by atoms with Gasteiger partial charge in [0.05, 0.1) is 6.42 Å². The van der Waals surface area contributed by atoms with E-state index in [0.29, 0.717) is 0 Å². The summed E-state index contributed by atoms with van der Waals surface area (Å²) < 4.78 is 5.19. The molecule has 1 aromatic rings. The molecule has 1 unspecified atom stereocenters. The molecule has 14 heavy (non-hydrogen) atoms. The van der Waals surface area contributed by atoms with Gasteiger partial charge in [0.1, 0.15) is 12.7 Å². The average molecular weight is 190 g/mol. The van der Waals surface area contributed by atoms with Gasteiger partial charge in [0.2, 0.25) is 0 Å². The Morgan fingerprint density at radius 1 is 1.14 bits per heavy atom. The first-order valence-electron chi connectivity index (χ1n) is 4.48. The number of rotatable bonds is 1. The first-order chi connectivity index (χ1) is 6.77.